The summed E-state index contributed by atoms with van der Waals surface area (Å²) in [5.41, 5.74) is 3.42. The first-order chi connectivity index (χ1) is 7.10. The molecule has 0 amide bonds. The molecular weight excluding hydrogens is 208 g/mol. The molecule has 0 fully saturated rings. The zero-order valence-corrected chi connectivity index (χ0v) is 10.4. The number of rotatable bonds is 4. The Hall–Kier alpha value is -0.730. The number of hydrazine groups is 1. The molecule has 3 heteroatoms. The van der Waals surface area contributed by atoms with E-state index in [-0.39, 0.29) is 5.38 Å². The summed E-state index contributed by atoms with van der Waals surface area (Å²) < 4.78 is 0. The average Bonchev–Trinajstić information content (AvgIpc) is 2.27. The maximum absolute atomic E-state index is 6.25. The Labute approximate surface area is 97.0 Å². The summed E-state index contributed by atoms with van der Waals surface area (Å²) in [7, 11) is 1.84. The molecule has 1 rings (SSSR count). The first-order valence-corrected chi connectivity index (χ1v) is 5.79. The molecule has 1 atom stereocenters. The Morgan fingerprint density at radius 2 is 2.07 bits per heavy atom. The van der Waals surface area contributed by atoms with Crippen molar-refractivity contribution < 1.29 is 0 Å². The van der Waals surface area contributed by atoms with Crippen LogP contribution in [-0.2, 0) is 6.42 Å². The predicted molar refractivity (Wildman–Crippen MR) is 67.3 cm³/mol. The fourth-order valence-corrected chi connectivity index (χ4v) is 1.78. The maximum Gasteiger partial charge on any atom is 0.0603 e. The summed E-state index contributed by atoms with van der Waals surface area (Å²) in [6.45, 7) is 4.21. The van der Waals surface area contributed by atoms with Crippen LogP contribution in [0.25, 0.3) is 0 Å². The molecule has 0 spiro atoms. The van der Waals surface area contributed by atoms with E-state index in [1.165, 1.54) is 5.56 Å². The molecule has 84 valence electrons. The third-order valence-corrected chi connectivity index (χ3v) is 3.12. The number of nitrogens with two attached hydrogens (primary N) is 1. The number of aryl methyl sites for hydroxylation is 1. The van der Waals surface area contributed by atoms with Gasteiger partial charge in [-0.1, -0.05) is 26.0 Å². The summed E-state index contributed by atoms with van der Waals surface area (Å²) in [5.74, 6) is 5.81. The van der Waals surface area contributed by atoms with Crippen LogP contribution < -0.4 is 10.9 Å². The Balaban J connectivity index is 3.15. The molecule has 1 unspecified atom stereocenters. The van der Waals surface area contributed by atoms with Crippen LogP contribution in [0.15, 0.2) is 18.2 Å². The van der Waals surface area contributed by atoms with Crippen LogP contribution >= 0.6 is 11.6 Å². The third-order valence-electron chi connectivity index (χ3n) is 2.58. The molecule has 0 aliphatic carbocycles. The van der Waals surface area contributed by atoms with Crippen LogP contribution in [0.2, 0.25) is 0 Å². The summed E-state index contributed by atoms with van der Waals surface area (Å²) >= 11 is 6.25. The molecule has 1 aromatic rings. The molecule has 2 nitrogen and oxygen atoms in total. The zero-order chi connectivity index (χ0) is 11.4. The summed E-state index contributed by atoms with van der Waals surface area (Å²) in [4.78, 5) is 0. The Bertz CT molecular complexity index is 323. The van der Waals surface area contributed by atoms with Gasteiger partial charge in [0.15, 0.2) is 0 Å². The lowest BCUT2D eigenvalue weighted by Gasteiger charge is -2.20. The van der Waals surface area contributed by atoms with Gasteiger partial charge in [0.1, 0.15) is 0 Å². The van der Waals surface area contributed by atoms with Gasteiger partial charge < -0.3 is 5.01 Å². The second-order valence-electron chi connectivity index (χ2n) is 3.73. The number of nitrogens with zero attached hydrogens (tertiary/aromatic N) is 1. The van der Waals surface area contributed by atoms with Crippen LogP contribution in [0.4, 0.5) is 5.69 Å². The van der Waals surface area contributed by atoms with E-state index in [1.807, 2.05) is 7.05 Å². The number of halogens is 1. The zero-order valence-electron chi connectivity index (χ0n) is 9.63. The molecule has 0 saturated heterocycles. The van der Waals surface area contributed by atoms with E-state index in [0.717, 1.165) is 24.1 Å². The fourth-order valence-electron chi connectivity index (χ4n) is 1.60. The quantitative estimate of drug-likeness (QED) is 0.485. The van der Waals surface area contributed by atoms with Crippen molar-refractivity contribution in [2.24, 2.45) is 5.84 Å². The van der Waals surface area contributed by atoms with Crippen molar-refractivity contribution in [2.45, 2.75) is 32.1 Å². The minimum atomic E-state index is 0.0388. The van der Waals surface area contributed by atoms with E-state index < -0.39 is 0 Å². The normalized spacial score (nSPS) is 12.6. The molecular formula is C12H19ClN2. The minimum Gasteiger partial charge on any atom is -0.314 e. The average molecular weight is 227 g/mol. The lowest BCUT2D eigenvalue weighted by molar-refractivity contribution is 0.867. The smallest absolute Gasteiger partial charge is 0.0603 e. The van der Waals surface area contributed by atoms with Crippen LogP contribution in [0.3, 0.4) is 0 Å². The Kier molecular flexibility index (Phi) is 4.43. The van der Waals surface area contributed by atoms with Gasteiger partial charge in [0.05, 0.1) is 11.1 Å². The van der Waals surface area contributed by atoms with Crippen LogP contribution in [-0.4, -0.2) is 7.05 Å². The number of alkyl halides is 1. The molecule has 2 N–H and O–H groups in total. The van der Waals surface area contributed by atoms with Gasteiger partial charge in [-0.05, 0) is 30.0 Å². The lowest BCUT2D eigenvalue weighted by Crippen LogP contribution is -2.26. The summed E-state index contributed by atoms with van der Waals surface area (Å²) in [5, 5.41) is 1.68. The molecule has 0 aliphatic rings. The van der Waals surface area contributed by atoms with Crippen molar-refractivity contribution in [3.8, 4) is 0 Å². The molecule has 15 heavy (non-hydrogen) atoms. The first-order valence-electron chi connectivity index (χ1n) is 5.35. The van der Waals surface area contributed by atoms with Crippen molar-refractivity contribution in [2.75, 3.05) is 12.1 Å². The molecule has 0 bridgehead atoms. The number of hydrogen-bond acceptors (Lipinski definition) is 2. The summed E-state index contributed by atoms with van der Waals surface area (Å²) in [6, 6.07) is 6.31. The largest absolute Gasteiger partial charge is 0.314 e. The van der Waals surface area contributed by atoms with E-state index in [2.05, 4.69) is 32.0 Å². The van der Waals surface area contributed by atoms with Crippen LogP contribution in [0, 0.1) is 0 Å². The van der Waals surface area contributed by atoms with Crippen molar-refractivity contribution >= 4 is 17.3 Å². The Morgan fingerprint density at radius 3 is 2.53 bits per heavy atom. The van der Waals surface area contributed by atoms with Gasteiger partial charge in [-0.15, -0.1) is 11.6 Å². The van der Waals surface area contributed by atoms with Crippen LogP contribution in [0.1, 0.15) is 36.8 Å². The van der Waals surface area contributed by atoms with Gasteiger partial charge in [0.2, 0.25) is 0 Å². The maximum atomic E-state index is 6.25. The topological polar surface area (TPSA) is 29.3 Å². The lowest BCUT2D eigenvalue weighted by atomic mass is 10.0. The van der Waals surface area contributed by atoms with Gasteiger partial charge in [0, 0.05) is 7.05 Å². The van der Waals surface area contributed by atoms with Gasteiger partial charge >= 0.3 is 0 Å². The molecule has 0 heterocycles. The molecule has 0 aliphatic heterocycles. The minimum absolute atomic E-state index is 0.0388. The van der Waals surface area contributed by atoms with Crippen molar-refractivity contribution in [3.63, 3.8) is 0 Å². The van der Waals surface area contributed by atoms with E-state index in [0.29, 0.717) is 0 Å². The highest BCUT2D eigenvalue weighted by molar-refractivity contribution is 6.21. The number of hydrogen-bond donors (Lipinski definition) is 1. The molecule has 0 radical (unpaired) electrons. The van der Waals surface area contributed by atoms with Crippen molar-refractivity contribution in [1.29, 1.82) is 0 Å². The first kappa shape index (κ1) is 12.3. The second kappa shape index (κ2) is 5.38. The standard InChI is InChI=1S/C12H19ClN2/c1-4-9-6-7-10(11(13)5-2)12(8-9)15(3)14/h6-8,11H,4-5,14H2,1-3H3. The van der Waals surface area contributed by atoms with Crippen molar-refractivity contribution in [3.05, 3.63) is 29.3 Å². The van der Waals surface area contributed by atoms with Gasteiger partial charge in [0.25, 0.3) is 0 Å². The fraction of sp³-hybridized carbons (Fsp3) is 0.500. The molecule has 0 saturated carbocycles. The van der Waals surface area contributed by atoms with E-state index >= 15 is 0 Å². The van der Waals surface area contributed by atoms with Gasteiger partial charge in [-0.25, -0.2) is 5.84 Å². The predicted octanol–water partition coefficient (Wildman–Crippen LogP) is 3.25. The number of anilines is 1. The summed E-state index contributed by atoms with van der Waals surface area (Å²) in [6.07, 6.45) is 1.92. The third kappa shape index (κ3) is 2.86. The highest BCUT2D eigenvalue weighted by Crippen LogP contribution is 2.32. The Morgan fingerprint density at radius 1 is 1.40 bits per heavy atom. The SMILES string of the molecule is CCc1ccc(C(Cl)CC)c(N(C)N)c1. The van der Waals surface area contributed by atoms with E-state index in [9.17, 15) is 0 Å². The molecule has 0 aromatic heterocycles. The van der Waals surface area contributed by atoms with Crippen molar-refractivity contribution in [1.82, 2.24) is 0 Å². The highest BCUT2D eigenvalue weighted by Gasteiger charge is 2.12. The van der Waals surface area contributed by atoms with Gasteiger partial charge in [-0.3, -0.25) is 0 Å². The van der Waals surface area contributed by atoms with E-state index in [1.54, 1.807) is 5.01 Å². The number of benzene rings is 1. The monoisotopic (exact) mass is 226 g/mol. The van der Waals surface area contributed by atoms with Crippen LogP contribution in [0.5, 0.6) is 0 Å². The highest BCUT2D eigenvalue weighted by atomic mass is 35.5. The van der Waals surface area contributed by atoms with Gasteiger partial charge in [-0.2, -0.15) is 0 Å². The van der Waals surface area contributed by atoms with E-state index in [4.69, 9.17) is 17.4 Å². The second-order valence-corrected chi connectivity index (χ2v) is 4.26. The molecule has 1 aromatic carbocycles.